The monoisotopic (exact) mass is 969 g/mol. The van der Waals surface area contributed by atoms with Crippen LogP contribution in [0.3, 0.4) is 0 Å². The van der Waals surface area contributed by atoms with Crippen molar-refractivity contribution < 1.29 is 52.5 Å². The number of esters is 4. The molecule has 1 fully saturated rings. The molecule has 0 aliphatic carbocycles. The molecule has 1 heterocycles. The minimum absolute atomic E-state index is 0.000812. The smallest absolute Gasteiger partial charge is 0.410 e. The molecule has 5 aromatic carbocycles. The molecule has 1 aliphatic heterocycles. The maximum absolute atomic E-state index is 13.7. The molecule has 16 heteroatoms. The summed E-state index contributed by atoms with van der Waals surface area (Å²) in [5.74, 6) is -2.81. The molecule has 1 aliphatic rings. The highest BCUT2D eigenvalue weighted by atomic mass is 16.6. The third-order valence-corrected chi connectivity index (χ3v) is 11.6. The van der Waals surface area contributed by atoms with E-state index in [4.69, 9.17) is 23.7 Å². The van der Waals surface area contributed by atoms with Crippen molar-refractivity contribution in [3.63, 3.8) is 0 Å². The fourth-order valence-electron chi connectivity index (χ4n) is 7.72. The molecule has 1 saturated heterocycles. The molecule has 0 spiro atoms. The number of ether oxygens (including phenoxy) is 5. The molecular weight excluding hydrogens is 907 g/mol. The zero-order chi connectivity index (χ0) is 49.9. The Morgan fingerprint density at radius 1 is 0.465 bits per heavy atom. The number of nitrogens with one attached hydrogen (secondary N) is 1. The van der Waals surface area contributed by atoms with E-state index < -0.39 is 29.9 Å². The summed E-state index contributed by atoms with van der Waals surface area (Å²) in [5.41, 5.74) is 3.98. The van der Waals surface area contributed by atoms with E-state index in [-0.39, 0.29) is 90.6 Å². The summed E-state index contributed by atoms with van der Waals surface area (Å²) in [6.45, 7) is 1.69. The summed E-state index contributed by atoms with van der Waals surface area (Å²) >= 11 is 0. The number of carbonyl (C=O) groups excluding carboxylic acids is 6. The van der Waals surface area contributed by atoms with Gasteiger partial charge in [0.25, 0.3) is 0 Å². The predicted molar refractivity (Wildman–Crippen MR) is 264 cm³/mol. The minimum Gasteiger partial charge on any atom is -0.460 e. The summed E-state index contributed by atoms with van der Waals surface area (Å²) in [7, 11) is 0. The quantitative estimate of drug-likeness (QED) is 0.0496. The molecule has 71 heavy (non-hydrogen) atoms. The lowest BCUT2D eigenvalue weighted by Crippen LogP contribution is -2.51. The van der Waals surface area contributed by atoms with Crippen molar-refractivity contribution in [1.82, 2.24) is 24.9 Å². The molecule has 1 atom stereocenters. The van der Waals surface area contributed by atoms with Crippen molar-refractivity contribution in [3.8, 4) is 0 Å². The van der Waals surface area contributed by atoms with E-state index in [9.17, 15) is 28.8 Å². The molecule has 16 nitrogen and oxygen atoms in total. The Balaban J connectivity index is 1.14. The molecule has 374 valence electrons. The van der Waals surface area contributed by atoms with Gasteiger partial charge in [0.05, 0.1) is 26.2 Å². The average Bonchev–Trinajstić information content (AvgIpc) is 3.40. The van der Waals surface area contributed by atoms with Gasteiger partial charge in [-0.25, -0.2) is 4.79 Å². The lowest BCUT2D eigenvalue weighted by Gasteiger charge is -2.34. The van der Waals surface area contributed by atoms with Gasteiger partial charge in [0.15, 0.2) is 0 Å². The number of hydrogen-bond acceptors (Lipinski definition) is 14. The molecule has 5 aromatic rings. The van der Waals surface area contributed by atoms with Gasteiger partial charge in [-0.2, -0.15) is 0 Å². The lowest BCUT2D eigenvalue weighted by atomic mass is 10.1. The fourth-order valence-corrected chi connectivity index (χ4v) is 7.72. The van der Waals surface area contributed by atoms with E-state index in [2.05, 4.69) is 10.2 Å². The topological polar surface area (TPSA) is 174 Å². The van der Waals surface area contributed by atoms with Crippen molar-refractivity contribution in [1.29, 1.82) is 0 Å². The van der Waals surface area contributed by atoms with Crippen LogP contribution in [0.25, 0.3) is 0 Å². The van der Waals surface area contributed by atoms with Gasteiger partial charge >= 0.3 is 30.0 Å². The second-order valence-corrected chi connectivity index (χ2v) is 17.1. The molecule has 0 bridgehead atoms. The highest BCUT2D eigenvalue weighted by Crippen LogP contribution is 2.15. The maximum Gasteiger partial charge on any atom is 0.410 e. The molecule has 6 rings (SSSR count). The first-order valence-electron chi connectivity index (χ1n) is 23.8. The van der Waals surface area contributed by atoms with Crippen LogP contribution in [-0.2, 0) is 80.7 Å². The molecule has 2 amide bonds. The van der Waals surface area contributed by atoms with E-state index in [1.807, 2.05) is 152 Å². The van der Waals surface area contributed by atoms with Gasteiger partial charge in [-0.15, -0.1) is 0 Å². The van der Waals surface area contributed by atoms with Crippen molar-refractivity contribution >= 4 is 35.9 Å². The van der Waals surface area contributed by atoms with E-state index >= 15 is 0 Å². The predicted octanol–water partition coefficient (Wildman–Crippen LogP) is 5.78. The van der Waals surface area contributed by atoms with Crippen LogP contribution >= 0.6 is 0 Å². The van der Waals surface area contributed by atoms with Crippen molar-refractivity contribution in [2.45, 2.75) is 51.9 Å². The number of hydrogen-bond donors (Lipinski definition) is 1. The first-order chi connectivity index (χ1) is 34.6. The largest absolute Gasteiger partial charge is 0.460 e. The average molecular weight is 970 g/mol. The van der Waals surface area contributed by atoms with E-state index in [1.165, 1.54) is 4.90 Å². The zero-order valence-electron chi connectivity index (χ0n) is 40.0. The van der Waals surface area contributed by atoms with Gasteiger partial charge in [0, 0.05) is 58.3 Å². The standard InChI is InChI=1S/C55H63N5O11/c61-50(56-28-29-57-30-32-59(33-31-57)55(66)71-43-48-24-14-5-15-25-48)27-26-49(60(37-53(64)69-41-46-20-10-3-11-21-46)38-54(65)70-42-47-22-12-4-13-23-47)34-58(35-51(62)67-39-44-16-6-1-7-17-44)36-52(63)68-40-45-18-8-2-9-19-45/h1-25,49H,26-43H2,(H,56,61). The number of benzene rings is 5. The van der Waals surface area contributed by atoms with Crippen LogP contribution in [0.15, 0.2) is 152 Å². The third kappa shape index (κ3) is 20.2. The number of rotatable bonds is 27. The highest BCUT2D eigenvalue weighted by Gasteiger charge is 2.30. The Kier molecular flexibility index (Phi) is 22.1. The van der Waals surface area contributed by atoms with Crippen LogP contribution in [0.5, 0.6) is 0 Å². The van der Waals surface area contributed by atoms with Gasteiger partial charge in [0.2, 0.25) is 5.91 Å². The van der Waals surface area contributed by atoms with Gasteiger partial charge in [0.1, 0.15) is 33.0 Å². The number of piperazine rings is 1. The van der Waals surface area contributed by atoms with E-state index in [1.54, 1.807) is 9.80 Å². The van der Waals surface area contributed by atoms with Crippen LogP contribution in [0.1, 0.15) is 40.7 Å². The van der Waals surface area contributed by atoms with Crippen molar-refractivity contribution in [3.05, 3.63) is 179 Å². The molecule has 1 N–H and O–H groups in total. The molecule has 0 aromatic heterocycles. The normalized spacial score (nSPS) is 13.0. The molecular formula is C55H63N5O11. The Morgan fingerprint density at radius 3 is 1.20 bits per heavy atom. The van der Waals surface area contributed by atoms with Gasteiger partial charge in [-0.1, -0.05) is 152 Å². The first kappa shape index (κ1) is 53.0. The first-order valence-corrected chi connectivity index (χ1v) is 23.8. The number of amides is 2. The fraction of sp³-hybridized carbons (Fsp3) is 0.345. The van der Waals surface area contributed by atoms with Gasteiger partial charge in [-0.3, -0.25) is 38.7 Å². The zero-order valence-corrected chi connectivity index (χ0v) is 40.0. The molecule has 0 saturated carbocycles. The van der Waals surface area contributed by atoms with Gasteiger partial charge < -0.3 is 33.9 Å². The summed E-state index contributed by atoms with van der Waals surface area (Å²) < 4.78 is 28.1. The van der Waals surface area contributed by atoms with Crippen LogP contribution in [0.4, 0.5) is 4.79 Å². The third-order valence-electron chi connectivity index (χ3n) is 11.6. The second-order valence-electron chi connectivity index (χ2n) is 17.1. The van der Waals surface area contributed by atoms with Gasteiger partial charge in [-0.05, 0) is 34.2 Å². The van der Waals surface area contributed by atoms with Crippen molar-refractivity contribution in [2.24, 2.45) is 0 Å². The SMILES string of the molecule is O=C(CCC(CN(CC(=O)OCc1ccccc1)CC(=O)OCc1ccccc1)N(CC(=O)OCc1ccccc1)CC(=O)OCc1ccccc1)NCCN1CCN(C(=O)OCc2ccccc2)CC1. The van der Waals surface area contributed by atoms with E-state index in [0.29, 0.717) is 39.3 Å². The summed E-state index contributed by atoms with van der Waals surface area (Å²) in [6, 6.07) is 45.4. The Labute approximate surface area is 415 Å². The van der Waals surface area contributed by atoms with Crippen LogP contribution < -0.4 is 5.32 Å². The van der Waals surface area contributed by atoms with Crippen LogP contribution in [-0.4, -0.2) is 134 Å². The Hall–Kier alpha value is -7.40. The summed E-state index contributed by atoms with van der Waals surface area (Å²) in [6.07, 6.45) is -0.307. The highest BCUT2D eigenvalue weighted by molar-refractivity contribution is 5.77. The maximum atomic E-state index is 13.7. The lowest BCUT2D eigenvalue weighted by molar-refractivity contribution is -0.154. The Morgan fingerprint density at radius 2 is 0.817 bits per heavy atom. The second kappa shape index (κ2) is 29.6. The Bertz CT molecular complexity index is 2280. The molecule has 1 unspecified atom stereocenters. The molecule has 0 radical (unpaired) electrons. The summed E-state index contributed by atoms with van der Waals surface area (Å²) in [5, 5.41) is 2.99. The number of nitrogens with zero attached hydrogens (tertiary/aromatic N) is 4. The van der Waals surface area contributed by atoms with Crippen LogP contribution in [0, 0.1) is 0 Å². The summed E-state index contributed by atoms with van der Waals surface area (Å²) in [4.78, 5) is 87.6. The van der Waals surface area contributed by atoms with E-state index in [0.717, 1.165) is 27.8 Å². The van der Waals surface area contributed by atoms with Crippen molar-refractivity contribution in [2.75, 3.05) is 72.0 Å². The van der Waals surface area contributed by atoms with Crippen LogP contribution in [0.2, 0.25) is 0 Å². The minimum atomic E-state index is -0.784. The number of carbonyl (C=O) groups is 6.